The van der Waals surface area contributed by atoms with Gasteiger partial charge in [0.2, 0.25) is 23.6 Å². The lowest BCUT2D eigenvalue weighted by Crippen LogP contribution is -2.44. The molecule has 1 heterocycles. The monoisotopic (exact) mass is 866 g/mol. The fourth-order valence-corrected chi connectivity index (χ4v) is 7.21. The van der Waals surface area contributed by atoms with Crippen LogP contribution in [0.3, 0.4) is 0 Å². The number of aromatic nitrogens is 2. The van der Waals surface area contributed by atoms with Crippen molar-refractivity contribution in [3.8, 4) is 0 Å². The molecule has 0 atom stereocenters. The number of carbonyl (C=O) groups excluding carboxylic acids is 5. The van der Waals surface area contributed by atoms with Gasteiger partial charge in [0.25, 0.3) is 0 Å². The number of alkyl carbamates (subject to hydrolysis) is 3. The zero-order chi connectivity index (χ0) is 46.0. The van der Waals surface area contributed by atoms with Crippen molar-refractivity contribution in [2.24, 2.45) is 29.6 Å². The Kier molecular flexibility index (Phi) is 21.3. The quantitative estimate of drug-likeness (QED) is 0.108. The number of nitrogens with zero attached hydrogens (tertiary/aromatic N) is 2. The molecule has 0 saturated heterocycles. The first-order valence-corrected chi connectivity index (χ1v) is 21.8. The number of hydrogen-bond donors (Lipinski definition) is 6. The summed E-state index contributed by atoms with van der Waals surface area (Å²) in [6.45, 7) is 21.5. The van der Waals surface area contributed by atoms with E-state index >= 15 is 0 Å². The second kappa shape index (κ2) is 24.7. The van der Waals surface area contributed by atoms with E-state index in [-0.39, 0.29) is 29.7 Å². The fraction of sp³-hybridized carbons (Fsp3) is 0.814. The van der Waals surface area contributed by atoms with Crippen molar-refractivity contribution in [1.29, 1.82) is 0 Å². The summed E-state index contributed by atoms with van der Waals surface area (Å²) in [4.78, 5) is 68.0. The molecule has 1 aromatic heterocycles. The molecule has 0 aromatic carbocycles. The van der Waals surface area contributed by atoms with Crippen LogP contribution in [0.5, 0.6) is 0 Å². The first kappa shape index (κ1) is 52.5. The molecule has 5 amide bonds. The predicted octanol–water partition coefficient (Wildman–Crippen LogP) is 7.06. The highest BCUT2D eigenvalue weighted by Gasteiger charge is 2.29. The van der Waals surface area contributed by atoms with Gasteiger partial charge in [-0.15, -0.1) is 10.2 Å². The maximum absolute atomic E-state index is 11.8. The van der Waals surface area contributed by atoms with Gasteiger partial charge in [0.05, 0.1) is 5.92 Å². The number of carbonyl (C=O) groups is 6. The minimum Gasteiger partial charge on any atom is -0.481 e. The summed E-state index contributed by atoms with van der Waals surface area (Å²) in [5, 5.41) is 25.2. The third kappa shape index (κ3) is 23.8. The molecule has 61 heavy (non-hydrogen) atoms. The Morgan fingerprint density at radius 1 is 0.574 bits per heavy atom. The Morgan fingerprint density at radius 3 is 1.25 bits per heavy atom. The summed E-state index contributed by atoms with van der Waals surface area (Å²) in [5.74, 6) is 1.55. The number of carboxylic acids is 1. The largest absolute Gasteiger partial charge is 0.481 e. The summed E-state index contributed by atoms with van der Waals surface area (Å²) < 4.78 is 21.1. The molecule has 4 rings (SSSR count). The van der Waals surface area contributed by atoms with Crippen molar-refractivity contribution in [2.45, 2.75) is 176 Å². The van der Waals surface area contributed by atoms with Gasteiger partial charge in [-0.3, -0.25) is 25.2 Å². The fourth-order valence-electron chi connectivity index (χ4n) is 7.21. The number of carboxylic acid groups (broad SMARTS) is 1. The molecule has 3 aliphatic carbocycles. The Bertz CT molecular complexity index is 1540. The Hall–Kier alpha value is -4.64. The van der Waals surface area contributed by atoms with Crippen molar-refractivity contribution < 1.29 is 52.5 Å². The van der Waals surface area contributed by atoms with Crippen LogP contribution in [0, 0.1) is 36.5 Å². The molecule has 18 nitrogen and oxygen atoms in total. The summed E-state index contributed by atoms with van der Waals surface area (Å²) in [5.41, 5.74) is 3.29. The average Bonchev–Trinajstić information content (AvgIpc) is 3.59. The van der Waals surface area contributed by atoms with Gasteiger partial charge >= 0.3 is 24.2 Å². The van der Waals surface area contributed by atoms with Crippen molar-refractivity contribution in [3.05, 3.63) is 11.8 Å². The number of rotatable bonds is 9. The number of aryl methyl sites for hydroxylation is 1. The average molecular weight is 866 g/mol. The van der Waals surface area contributed by atoms with E-state index < -0.39 is 35.0 Å². The van der Waals surface area contributed by atoms with E-state index in [0.717, 1.165) is 70.1 Å². The number of nitrogens with one attached hydrogen (secondary N) is 5. The zero-order valence-corrected chi connectivity index (χ0v) is 38.5. The first-order valence-electron chi connectivity index (χ1n) is 21.8. The van der Waals surface area contributed by atoms with Gasteiger partial charge in [-0.25, -0.2) is 14.4 Å². The van der Waals surface area contributed by atoms with E-state index in [1.807, 2.05) is 69.2 Å². The van der Waals surface area contributed by atoms with E-state index in [4.69, 9.17) is 23.7 Å². The number of hydrazine groups is 1. The maximum Gasteiger partial charge on any atom is 0.407 e. The highest BCUT2D eigenvalue weighted by atomic mass is 16.6. The van der Waals surface area contributed by atoms with Gasteiger partial charge in [-0.1, -0.05) is 0 Å². The van der Waals surface area contributed by atoms with Crippen LogP contribution in [0.1, 0.15) is 164 Å². The normalized spacial score (nSPS) is 22.9. The number of ether oxygens (including phenoxy) is 3. The summed E-state index contributed by atoms with van der Waals surface area (Å²) in [6.07, 6.45) is 9.40. The lowest BCUT2D eigenvalue weighted by Gasteiger charge is -2.28. The molecule has 0 unspecified atom stereocenters. The molecule has 0 radical (unpaired) electrons. The van der Waals surface area contributed by atoms with Crippen molar-refractivity contribution in [3.63, 3.8) is 0 Å². The molecule has 3 saturated carbocycles. The molecule has 3 fully saturated rings. The molecule has 348 valence electrons. The van der Waals surface area contributed by atoms with Gasteiger partial charge in [-0.05, 0) is 157 Å². The van der Waals surface area contributed by atoms with Crippen LogP contribution in [0.25, 0.3) is 0 Å². The SMILES string of the molecule is CC(=O)NNC(=O)C1CCC(CNC(=O)OC(C)(C)C)CC1.CC(C)(C)OC(=O)NCC1CCC(C(=O)O)CC1.Cc1nnc(C2CCC(CNC(=O)OC(C)(C)C)CC2)o1. The van der Waals surface area contributed by atoms with Gasteiger partial charge in [0.15, 0.2) is 0 Å². The third-order valence-corrected chi connectivity index (χ3v) is 10.3. The third-order valence-electron chi connectivity index (χ3n) is 10.3. The van der Waals surface area contributed by atoms with E-state index in [0.29, 0.717) is 62.0 Å². The van der Waals surface area contributed by atoms with Crippen LogP contribution >= 0.6 is 0 Å². The van der Waals surface area contributed by atoms with Crippen LogP contribution in [-0.4, -0.2) is 87.8 Å². The van der Waals surface area contributed by atoms with E-state index in [1.165, 1.54) is 6.92 Å². The van der Waals surface area contributed by atoms with E-state index in [2.05, 4.69) is 37.0 Å². The van der Waals surface area contributed by atoms with Crippen LogP contribution in [0.4, 0.5) is 14.4 Å². The minimum atomic E-state index is -0.700. The Balaban J connectivity index is 0.000000317. The summed E-state index contributed by atoms with van der Waals surface area (Å²) in [7, 11) is 0. The van der Waals surface area contributed by atoms with Gasteiger partial charge < -0.3 is 39.7 Å². The highest BCUT2D eigenvalue weighted by Crippen LogP contribution is 2.35. The van der Waals surface area contributed by atoms with Crippen LogP contribution < -0.4 is 26.8 Å². The molecule has 6 N–H and O–H groups in total. The summed E-state index contributed by atoms with van der Waals surface area (Å²) >= 11 is 0. The Morgan fingerprint density at radius 2 is 0.934 bits per heavy atom. The molecular formula is C43H75N7O11. The van der Waals surface area contributed by atoms with Gasteiger partial charge in [0.1, 0.15) is 16.8 Å². The number of amides is 5. The molecule has 3 aliphatic rings. The predicted molar refractivity (Wildman–Crippen MR) is 227 cm³/mol. The molecule has 0 bridgehead atoms. The smallest absolute Gasteiger partial charge is 0.407 e. The van der Waals surface area contributed by atoms with Gasteiger partial charge in [0, 0.05) is 45.3 Å². The lowest BCUT2D eigenvalue weighted by molar-refractivity contribution is -0.143. The number of hydrogen-bond acceptors (Lipinski definition) is 12. The molecule has 18 heteroatoms. The van der Waals surface area contributed by atoms with E-state index in [9.17, 15) is 28.8 Å². The topological polar surface area (TPSA) is 249 Å². The maximum atomic E-state index is 11.8. The standard InChI is InChI=1S/C15H27N3O4.C15H25N3O3.C13H23NO4/c1-10(19)17-18-13(20)12-7-5-11(6-8-12)9-16-14(21)22-15(2,3)4;1-10-17-18-13(20-10)12-7-5-11(6-8-12)9-16-14(19)21-15(2,3)4;1-13(2,3)18-12(17)14-8-9-4-6-10(7-5-9)11(15)16/h11-12H,5-9H2,1-4H3,(H,16,21)(H,17,19)(H,18,20);11-12H,5-9H2,1-4H3,(H,16,19);9-10H,4-8H2,1-3H3,(H,14,17)(H,15,16). The molecule has 1 aromatic rings. The van der Waals surface area contributed by atoms with Crippen LogP contribution in [0.2, 0.25) is 0 Å². The second-order valence-electron chi connectivity index (χ2n) is 19.5. The second-order valence-corrected chi connectivity index (χ2v) is 19.5. The minimum absolute atomic E-state index is 0.0790. The van der Waals surface area contributed by atoms with Crippen LogP contribution in [0.15, 0.2) is 4.42 Å². The molecule has 0 spiro atoms. The van der Waals surface area contributed by atoms with E-state index in [1.54, 1.807) is 0 Å². The lowest BCUT2D eigenvalue weighted by atomic mass is 9.81. The summed E-state index contributed by atoms with van der Waals surface area (Å²) in [6, 6.07) is 0. The van der Waals surface area contributed by atoms with Crippen molar-refractivity contribution in [1.82, 2.24) is 37.0 Å². The highest BCUT2D eigenvalue weighted by molar-refractivity contribution is 5.82. The molecule has 0 aliphatic heterocycles. The van der Waals surface area contributed by atoms with Crippen molar-refractivity contribution >= 4 is 36.1 Å². The number of aliphatic carboxylic acids is 1. The van der Waals surface area contributed by atoms with Gasteiger partial charge in [-0.2, -0.15) is 0 Å². The first-order chi connectivity index (χ1) is 28.3. The Labute approximate surface area is 361 Å². The van der Waals surface area contributed by atoms with Crippen molar-refractivity contribution in [2.75, 3.05) is 19.6 Å². The zero-order valence-electron chi connectivity index (χ0n) is 38.5. The van der Waals surface area contributed by atoms with Crippen LogP contribution in [-0.2, 0) is 28.6 Å². The molecular weight excluding hydrogens is 791 g/mol.